The van der Waals surface area contributed by atoms with E-state index in [2.05, 4.69) is 75.1 Å². The number of amides is 1. The minimum Gasteiger partial charge on any atom is -0.488 e. The first-order valence-corrected chi connectivity index (χ1v) is 14.9. The largest absolute Gasteiger partial charge is 0.494 e. The number of likely N-dealkylation sites (tertiary alicyclic amines) is 1. The highest BCUT2D eigenvalue weighted by Gasteiger charge is 2.51. The van der Waals surface area contributed by atoms with E-state index in [0.717, 1.165) is 68.4 Å². The van der Waals surface area contributed by atoms with E-state index in [1.54, 1.807) is 4.90 Å². The van der Waals surface area contributed by atoms with Gasteiger partial charge in [0.2, 0.25) is 0 Å². The van der Waals surface area contributed by atoms with Gasteiger partial charge in [0.1, 0.15) is 23.8 Å². The molecule has 4 heterocycles. The van der Waals surface area contributed by atoms with Crippen LogP contribution in [0.3, 0.4) is 0 Å². The number of aromatic amines is 1. The number of carbonyl (C=O) groups excluding carboxylic acids is 1. The first-order chi connectivity index (χ1) is 19.8. The van der Waals surface area contributed by atoms with Crippen molar-refractivity contribution in [2.24, 2.45) is 0 Å². The molecule has 3 aliphatic rings. The second-order valence-corrected chi connectivity index (χ2v) is 13.7. The molecule has 3 aliphatic heterocycles. The van der Waals surface area contributed by atoms with Crippen molar-refractivity contribution < 1.29 is 23.6 Å². The Morgan fingerprint density at radius 1 is 1.02 bits per heavy atom. The number of rotatable bonds is 2. The maximum absolute atomic E-state index is 12.9. The molecule has 3 aromatic carbocycles. The lowest BCUT2D eigenvalue weighted by Crippen LogP contribution is -2.41. The molecule has 2 fully saturated rings. The highest BCUT2D eigenvalue weighted by Crippen LogP contribution is 2.44. The standard InChI is InChI=1S/C33H38BN3O5/c1-31(2,3)40-30(38)37-16-8-9-26(37)29-35-25-15-14-24-22(27(25)36-29)12-13-23-21-11-10-20(17-19(21)18-39-28(23)24)34-41-32(4,5)33(6,7)42-34/h10-15,17,26H,8-9,16,18H2,1-7H3,(H,35,36). The number of benzene rings is 3. The van der Waals surface area contributed by atoms with Gasteiger partial charge >= 0.3 is 13.2 Å². The van der Waals surface area contributed by atoms with Crippen molar-refractivity contribution in [3.63, 3.8) is 0 Å². The fourth-order valence-electron chi connectivity index (χ4n) is 6.26. The number of hydrogen-bond acceptors (Lipinski definition) is 6. The predicted molar refractivity (Wildman–Crippen MR) is 164 cm³/mol. The molecule has 0 radical (unpaired) electrons. The smallest absolute Gasteiger partial charge is 0.488 e. The van der Waals surface area contributed by atoms with Gasteiger partial charge in [-0.25, -0.2) is 9.78 Å². The summed E-state index contributed by atoms with van der Waals surface area (Å²) in [5, 5.41) is 2.04. The minimum atomic E-state index is -0.542. The van der Waals surface area contributed by atoms with Crippen molar-refractivity contribution in [1.29, 1.82) is 0 Å². The fraction of sp³-hybridized carbons (Fsp3) is 0.455. The topological polar surface area (TPSA) is 85.9 Å². The van der Waals surface area contributed by atoms with Crippen molar-refractivity contribution >= 4 is 40.5 Å². The third kappa shape index (κ3) is 4.36. The molecule has 7 rings (SSSR count). The van der Waals surface area contributed by atoms with Crippen molar-refractivity contribution in [3.8, 4) is 16.9 Å². The zero-order valence-electron chi connectivity index (χ0n) is 25.5. The number of H-pyrrole nitrogens is 1. The molecule has 0 saturated carbocycles. The lowest BCUT2D eigenvalue weighted by atomic mass is 9.77. The summed E-state index contributed by atoms with van der Waals surface area (Å²) in [5.74, 6) is 1.66. The Kier molecular flexibility index (Phi) is 5.99. The molecule has 0 bridgehead atoms. The van der Waals surface area contributed by atoms with Crippen LogP contribution in [0.5, 0.6) is 5.75 Å². The maximum Gasteiger partial charge on any atom is 0.494 e. The third-order valence-corrected chi connectivity index (χ3v) is 9.13. The molecule has 1 amide bonds. The van der Waals surface area contributed by atoms with Gasteiger partial charge < -0.3 is 23.8 Å². The Morgan fingerprint density at radius 2 is 1.74 bits per heavy atom. The predicted octanol–water partition coefficient (Wildman–Crippen LogP) is 6.65. The van der Waals surface area contributed by atoms with Gasteiger partial charge in [-0.1, -0.05) is 24.3 Å². The summed E-state index contributed by atoms with van der Waals surface area (Å²) in [6, 6.07) is 14.7. The number of hydrogen-bond donors (Lipinski definition) is 1. The molecule has 1 N–H and O–H groups in total. The number of nitrogens with zero attached hydrogens (tertiary/aromatic N) is 2. The molecule has 4 aromatic rings. The first-order valence-electron chi connectivity index (χ1n) is 14.9. The van der Waals surface area contributed by atoms with Crippen molar-refractivity contribution in [2.45, 2.75) is 90.8 Å². The van der Waals surface area contributed by atoms with E-state index < -0.39 is 23.9 Å². The number of ether oxygens (including phenoxy) is 2. The Bertz CT molecular complexity index is 1720. The van der Waals surface area contributed by atoms with Crippen LogP contribution in [0.2, 0.25) is 0 Å². The van der Waals surface area contributed by atoms with Gasteiger partial charge in [-0.2, -0.15) is 0 Å². The first kappa shape index (κ1) is 27.3. The number of aromatic nitrogens is 2. The summed E-state index contributed by atoms with van der Waals surface area (Å²) < 4.78 is 24.7. The maximum atomic E-state index is 12.9. The number of nitrogens with one attached hydrogen (secondary N) is 1. The zero-order valence-corrected chi connectivity index (χ0v) is 25.5. The molecular weight excluding hydrogens is 529 g/mol. The van der Waals surface area contributed by atoms with Crippen molar-refractivity contribution in [1.82, 2.24) is 14.9 Å². The van der Waals surface area contributed by atoms with Crippen LogP contribution in [0, 0.1) is 0 Å². The molecule has 1 atom stereocenters. The van der Waals surface area contributed by atoms with Crippen molar-refractivity contribution in [2.75, 3.05) is 6.54 Å². The van der Waals surface area contributed by atoms with Gasteiger partial charge in [-0.15, -0.1) is 0 Å². The molecule has 8 nitrogen and oxygen atoms in total. The summed E-state index contributed by atoms with van der Waals surface area (Å²) in [7, 11) is -0.411. The van der Waals surface area contributed by atoms with Gasteiger partial charge in [0.05, 0.1) is 28.3 Å². The van der Waals surface area contributed by atoms with Gasteiger partial charge in [0.15, 0.2) is 0 Å². The highest BCUT2D eigenvalue weighted by atomic mass is 16.7. The van der Waals surface area contributed by atoms with Crippen LogP contribution in [0.25, 0.3) is 32.9 Å². The Balaban J connectivity index is 1.22. The molecule has 1 aromatic heterocycles. The average Bonchev–Trinajstić information content (AvgIpc) is 3.62. The SMILES string of the molecule is CC(C)(C)OC(=O)N1CCCC1c1nc2c(ccc3c4c(ccc32)-c2ccc(B3OC(C)(C)C(C)(C)O3)cc2CO4)[nH]1. The molecule has 0 aliphatic carbocycles. The minimum absolute atomic E-state index is 0.138. The van der Waals surface area contributed by atoms with E-state index in [0.29, 0.717) is 13.2 Å². The lowest BCUT2D eigenvalue weighted by molar-refractivity contribution is 0.00578. The van der Waals surface area contributed by atoms with Crippen molar-refractivity contribution in [3.05, 3.63) is 53.9 Å². The average molecular weight is 567 g/mol. The number of imidazole rings is 1. The van der Waals surface area contributed by atoms with Crippen LogP contribution >= 0.6 is 0 Å². The Morgan fingerprint density at radius 3 is 2.48 bits per heavy atom. The van der Waals surface area contributed by atoms with Gasteiger partial charge in [0, 0.05) is 22.9 Å². The molecule has 218 valence electrons. The van der Waals surface area contributed by atoms with E-state index in [4.69, 9.17) is 23.8 Å². The van der Waals surface area contributed by atoms with Crippen LogP contribution in [-0.4, -0.2) is 51.4 Å². The Hall–Kier alpha value is -3.56. The monoisotopic (exact) mass is 567 g/mol. The van der Waals surface area contributed by atoms with Gasteiger partial charge in [-0.3, -0.25) is 4.90 Å². The third-order valence-electron chi connectivity index (χ3n) is 9.13. The van der Waals surface area contributed by atoms with Gasteiger partial charge in [0.25, 0.3) is 0 Å². The van der Waals surface area contributed by atoms with E-state index in [1.807, 2.05) is 20.8 Å². The molecular formula is C33H38BN3O5. The van der Waals surface area contributed by atoms with Crippen LogP contribution in [0.1, 0.15) is 78.7 Å². The molecule has 9 heteroatoms. The highest BCUT2D eigenvalue weighted by molar-refractivity contribution is 6.62. The molecule has 42 heavy (non-hydrogen) atoms. The Labute approximate surface area is 246 Å². The normalized spacial score (nSPS) is 21.0. The van der Waals surface area contributed by atoms with Crippen LogP contribution < -0.4 is 10.2 Å². The summed E-state index contributed by atoms with van der Waals surface area (Å²) in [4.78, 5) is 23.2. The van der Waals surface area contributed by atoms with E-state index >= 15 is 0 Å². The zero-order chi connectivity index (χ0) is 29.6. The molecule has 1 unspecified atom stereocenters. The van der Waals surface area contributed by atoms with E-state index in [-0.39, 0.29) is 12.1 Å². The summed E-state index contributed by atoms with van der Waals surface area (Å²) in [6.45, 7) is 15.1. The van der Waals surface area contributed by atoms with E-state index in [1.165, 1.54) is 0 Å². The van der Waals surface area contributed by atoms with Crippen LogP contribution in [-0.2, 0) is 20.7 Å². The summed E-state index contributed by atoms with van der Waals surface area (Å²) in [6.07, 6.45) is 1.47. The van der Waals surface area contributed by atoms with E-state index in [9.17, 15) is 4.79 Å². The lowest BCUT2D eigenvalue weighted by Gasteiger charge is -2.32. The second kappa shape index (κ2) is 9.22. The van der Waals surface area contributed by atoms with Gasteiger partial charge in [-0.05, 0) is 96.1 Å². The molecule has 0 spiro atoms. The van der Waals surface area contributed by atoms with Crippen LogP contribution in [0.4, 0.5) is 4.79 Å². The second-order valence-electron chi connectivity index (χ2n) is 13.7. The molecule has 2 saturated heterocycles. The number of carbonyl (C=O) groups is 1. The summed E-state index contributed by atoms with van der Waals surface area (Å²) >= 11 is 0. The quantitative estimate of drug-likeness (QED) is 0.273. The fourth-order valence-corrected chi connectivity index (χ4v) is 6.26. The number of fused-ring (bicyclic) bond motifs is 7. The summed E-state index contributed by atoms with van der Waals surface area (Å²) in [5.41, 5.74) is 4.82. The van der Waals surface area contributed by atoms with Crippen LogP contribution in [0.15, 0.2) is 42.5 Å².